The van der Waals surface area contributed by atoms with Crippen molar-refractivity contribution in [3.05, 3.63) is 6.33 Å². The maximum Gasteiger partial charge on any atom is 0.231 e. The van der Waals surface area contributed by atoms with Crippen molar-refractivity contribution in [3.63, 3.8) is 0 Å². The summed E-state index contributed by atoms with van der Waals surface area (Å²) < 4.78 is 1.84. The highest BCUT2D eigenvalue weighted by molar-refractivity contribution is 5.89. The topological polar surface area (TPSA) is 59.8 Å². The third-order valence-corrected chi connectivity index (χ3v) is 4.37. The van der Waals surface area contributed by atoms with Gasteiger partial charge in [-0.25, -0.2) is 0 Å². The number of anilines is 1. The minimum atomic E-state index is 0.0580. The number of hydrogen-bond acceptors (Lipinski definition) is 3. The smallest absolute Gasteiger partial charge is 0.231 e. The molecule has 0 saturated heterocycles. The summed E-state index contributed by atoms with van der Waals surface area (Å²) in [4.78, 5) is 12.1. The van der Waals surface area contributed by atoms with Crippen LogP contribution in [0.1, 0.15) is 52.9 Å². The van der Waals surface area contributed by atoms with Crippen molar-refractivity contribution in [2.75, 3.05) is 5.32 Å². The summed E-state index contributed by atoms with van der Waals surface area (Å²) in [6, 6.07) is 0. The number of rotatable bonds is 4. The van der Waals surface area contributed by atoms with Gasteiger partial charge in [-0.15, -0.1) is 10.2 Å². The lowest BCUT2D eigenvalue weighted by Gasteiger charge is -2.38. The lowest BCUT2D eigenvalue weighted by molar-refractivity contribution is -0.118. The number of aromatic nitrogens is 3. The first-order valence-electron chi connectivity index (χ1n) is 7.20. The van der Waals surface area contributed by atoms with E-state index in [1.54, 1.807) is 6.33 Å². The second-order valence-corrected chi connectivity index (χ2v) is 6.12. The summed E-state index contributed by atoms with van der Waals surface area (Å²) in [6.07, 6.45) is 7.13. The van der Waals surface area contributed by atoms with Crippen molar-refractivity contribution in [2.45, 2.75) is 59.4 Å². The minimum Gasteiger partial charge on any atom is -0.300 e. The molecule has 1 amide bonds. The number of hydrogen-bond donors (Lipinski definition) is 1. The molecule has 1 heterocycles. The number of carbonyl (C=O) groups is 1. The third kappa shape index (κ3) is 3.33. The summed E-state index contributed by atoms with van der Waals surface area (Å²) in [5.41, 5.74) is 0.272. The maximum atomic E-state index is 12.1. The van der Waals surface area contributed by atoms with Gasteiger partial charge in [-0.1, -0.05) is 26.7 Å². The maximum absolute atomic E-state index is 12.1. The van der Waals surface area contributed by atoms with Gasteiger partial charge in [0.1, 0.15) is 6.33 Å². The van der Waals surface area contributed by atoms with Gasteiger partial charge in [0, 0.05) is 13.0 Å². The molecule has 1 aromatic heterocycles. The van der Waals surface area contributed by atoms with E-state index in [2.05, 4.69) is 29.4 Å². The summed E-state index contributed by atoms with van der Waals surface area (Å²) >= 11 is 0. The molecule has 2 rings (SSSR count). The fourth-order valence-electron chi connectivity index (χ4n) is 2.93. The zero-order valence-corrected chi connectivity index (χ0v) is 12.1. The molecule has 19 heavy (non-hydrogen) atoms. The van der Waals surface area contributed by atoms with Crippen LogP contribution >= 0.6 is 0 Å². The van der Waals surface area contributed by atoms with E-state index < -0.39 is 0 Å². The molecular formula is C14H24N4O. The van der Waals surface area contributed by atoms with Gasteiger partial charge < -0.3 is 4.57 Å². The minimum absolute atomic E-state index is 0.0580. The van der Waals surface area contributed by atoms with E-state index >= 15 is 0 Å². The zero-order valence-electron chi connectivity index (χ0n) is 12.1. The molecule has 1 aromatic rings. The molecule has 1 atom stereocenters. The molecule has 0 bridgehead atoms. The molecule has 1 N–H and O–H groups in total. The van der Waals surface area contributed by atoms with Crippen molar-refractivity contribution >= 4 is 11.9 Å². The molecule has 0 aliphatic heterocycles. The van der Waals surface area contributed by atoms with Gasteiger partial charge in [-0.2, -0.15) is 0 Å². The van der Waals surface area contributed by atoms with E-state index in [9.17, 15) is 4.79 Å². The lowest BCUT2D eigenvalue weighted by atomic mass is 9.67. The van der Waals surface area contributed by atoms with Gasteiger partial charge in [0.2, 0.25) is 11.9 Å². The number of nitrogens with zero attached hydrogens (tertiary/aromatic N) is 3. The molecule has 1 fully saturated rings. The van der Waals surface area contributed by atoms with Gasteiger partial charge >= 0.3 is 0 Å². The van der Waals surface area contributed by atoms with Crippen LogP contribution in [0.3, 0.4) is 0 Å². The van der Waals surface area contributed by atoms with Crippen LogP contribution in [0, 0.1) is 11.3 Å². The van der Waals surface area contributed by atoms with Crippen LogP contribution in [0.2, 0.25) is 0 Å². The van der Waals surface area contributed by atoms with Gasteiger partial charge in [-0.3, -0.25) is 10.1 Å². The first-order chi connectivity index (χ1) is 9.03. The summed E-state index contributed by atoms with van der Waals surface area (Å²) in [6.45, 7) is 7.32. The third-order valence-electron chi connectivity index (χ3n) is 4.37. The van der Waals surface area contributed by atoms with Crippen molar-refractivity contribution < 1.29 is 4.79 Å². The molecule has 5 nitrogen and oxygen atoms in total. The predicted molar refractivity (Wildman–Crippen MR) is 74.7 cm³/mol. The molecule has 106 valence electrons. The van der Waals surface area contributed by atoms with Crippen LogP contribution in [-0.2, 0) is 11.3 Å². The predicted octanol–water partition coefficient (Wildman–Crippen LogP) is 2.84. The molecule has 1 unspecified atom stereocenters. The van der Waals surface area contributed by atoms with Gasteiger partial charge in [-0.05, 0) is 31.1 Å². The van der Waals surface area contributed by atoms with E-state index in [0.717, 1.165) is 13.0 Å². The molecule has 1 aliphatic rings. The summed E-state index contributed by atoms with van der Waals surface area (Å²) in [7, 11) is 0. The highest BCUT2D eigenvalue weighted by Crippen LogP contribution is 2.42. The van der Waals surface area contributed by atoms with Crippen LogP contribution in [0.5, 0.6) is 0 Å². The van der Waals surface area contributed by atoms with Crippen LogP contribution in [0.25, 0.3) is 0 Å². The van der Waals surface area contributed by atoms with Gasteiger partial charge in [0.25, 0.3) is 0 Å². The molecule has 5 heteroatoms. The van der Waals surface area contributed by atoms with E-state index in [0.29, 0.717) is 18.3 Å². The molecule has 0 radical (unpaired) electrons. The Hall–Kier alpha value is -1.39. The first-order valence-corrected chi connectivity index (χ1v) is 7.20. The van der Waals surface area contributed by atoms with Crippen LogP contribution in [0.4, 0.5) is 5.95 Å². The second-order valence-electron chi connectivity index (χ2n) is 6.12. The number of aryl methyl sites for hydroxylation is 1. The Bertz CT molecular complexity index is 438. The first kappa shape index (κ1) is 14.0. The standard InChI is InChI=1S/C14H24N4O/c1-4-18-10-15-17-13(18)16-12(19)9-11-7-5-6-8-14(11,2)3/h10-11H,4-9H2,1-3H3,(H,16,17,19). The Labute approximate surface area is 114 Å². The number of carbonyl (C=O) groups excluding carboxylic acids is 1. The van der Waals surface area contributed by atoms with Crippen molar-refractivity contribution in [1.29, 1.82) is 0 Å². The van der Waals surface area contributed by atoms with Crippen LogP contribution in [0.15, 0.2) is 6.33 Å². The average molecular weight is 264 g/mol. The monoisotopic (exact) mass is 264 g/mol. The molecule has 0 aromatic carbocycles. The Morgan fingerprint density at radius 3 is 3.00 bits per heavy atom. The Morgan fingerprint density at radius 1 is 1.53 bits per heavy atom. The number of amides is 1. The summed E-state index contributed by atoms with van der Waals surface area (Å²) in [5.74, 6) is 1.09. The van der Waals surface area contributed by atoms with Crippen molar-refractivity contribution in [1.82, 2.24) is 14.8 Å². The Morgan fingerprint density at radius 2 is 2.32 bits per heavy atom. The van der Waals surface area contributed by atoms with Crippen molar-refractivity contribution in [2.24, 2.45) is 11.3 Å². The largest absolute Gasteiger partial charge is 0.300 e. The normalized spacial score (nSPS) is 22.2. The molecule has 1 saturated carbocycles. The molecule has 0 spiro atoms. The van der Waals surface area contributed by atoms with Crippen LogP contribution in [-0.4, -0.2) is 20.7 Å². The Balaban J connectivity index is 1.94. The van der Waals surface area contributed by atoms with Gasteiger partial charge in [0.05, 0.1) is 0 Å². The lowest BCUT2D eigenvalue weighted by Crippen LogP contribution is -2.31. The van der Waals surface area contributed by atoms with Crippen molar-refractivity contribution in [3.8, 4) is 0 Å². The van der Waals surface area contributed by atoms with E-state index in [-0.39, 0.29) is 11.3 Å². The highest BCUT2D eigenvalue weighted by Gasteiger charge is 2.33. The SMILES string of the molecule is CCn1cnnc1NC(=O)CC1CCCCC1(C)C. The highest BCUT2D eigenvalue weighted by atomic mass is 16.1. The van der Waals surface area contributed by atoms with E-state index in [4.69, 9.17) is 0 Å². The Kier molecular flexibility index (Phi) is 4.22. The van der Waals surface area contributed by atoms with E-state index in [1.165, 1.54) is 19.3 Å². The fraction of sp³-hybridized carbons (Fsp3) is 0.786. The zero-order chi connectivity index (χ0) is 13.9. The summed E-state index contributed by atoms with van der Waals surface area (Å²) in [5, 5.41) is 10.6. The fourth-order valence-corrected chi connectivity index (χ4v) is 2.93. The quantitative estimate of drug-likeness (QED) is 0.909. The van der Waals surface area contributed by atoms with Gasteiger partial charge in [0.15, 0.2) is 0 Å². The second kappa shape index (κ2) is 5.72. The molecule has 1 aliphatic carbocycles. The number of nitrogens with one attached hydrogen (secondary N) is 1. The average Bonchev–Trinajstić information content (AvgIpc) is 2.79. The van der Waals surface area contributed by atoms with E-state index in [1.807, 2.05) is 11.5 Å². The van der Waals surface area contributed by atoms with Crippen LogP contribution < -0.4 is 5.32 Å². The molecular weight excluding hydrogens is 240 g/mol.